The first-order valence-electron chi connectivity index (χ1n) is 3.49. The average Bonchev–Trinajstić information content (AvgIpc) is 2.50. The molecule has 0 atom stereocenters. The molecule has 0 spiro atoms. The molecule has 0 saturated carbocycles. The fraction of sp³-hybridized carbons (Fsp3) is 0.111. The Balaban J connectivity index is 2.67. The number of aromatic amines is 1. The van der Waals surface area contributed by atoms with E-state index in [9.17, 15) is 0 Å². The molecule has 0 aliphatic rings. The van der Waals surface area contributed by atoms with Gasteiger partial charge in [0.05, 0.1) is 12.8 Å². The number of benzene rings is 1. The van der Waals surface area contributed by atoms with Crippen molar-refractivity contribution in [2.24, 2.45) is 0 Å². The molecule has 2 rings (SSSR count). The van der Waals surface area contributed by atoms with Crippen molar-refractivity contribution in [1.29, 1.82) is 0 Å². The molecule has 2 N–H and O–H groups in total. The van der Waals surface area contributed by atoms with Crippen LogP contribution in [0.3, 0.4) is 0 Å². The van der Waals surface area contributed by atoms with Gasteiger partial charge in [-0.05, 0) is 23.8 Å². The zero-order valence-corrected chi connectivity index (χ0v) is 5.96. The summed E-state index contributed by atoms with van der Waals surface area (Å²) in [4.78, 5) is 2.96. The van der Waals surface area contributed by atoms with Gasteiger partial charge in [-0.15, -0.1) is 0 Å². The summed E-state index contributed by atoms with van der Waals surface area (Å²) in [5.74, 6) is 0. The first-order chi connectivity index (χ1) is 5.40. The number of hydrogen-bond acceptors (Lipinski definition) is 1. The highest BCUT2D eigenvalue weighted by Crippen LogP contribution is 2.13. The van der Waals surface area contributed by atoms with Crippen molar-refractivity contribution in [2.45, 2.75) is 6.61 Å². The van der Waals surface area contributed by atoms with Crippen molar-refractivity contribution in [3.63, 3.8) is 0 Å². The molecule has 55 valence electrons. The maximum Gasteiger partial charge on any atom is 0.0682 e. The number of nitrogens with one attached hydrogen (secondary N) is 1. The second-order valence-corrected chi connectivity index (χ2v) is 2.49. The molecule has 0 aliphatic carbocycles. The lowest BCUT2D eigenvalue weighted by Crippen LogP contribution is -1.80. The molecule has 0 aliphatic heterocycles. The standard InChI is InChI=1S/C9H8NO/c11-6-7-1-2-9-8(5-7)3-4-10-9/h1-3,5,10-11H,6H2. The molecule has 2 heteroatoms. The van der Waals surface area contributed by atoms with Gasteiger partial charge in [0.25, 0.3) is 0 Å². The van der Waals surface area contributed by atoms with E-state index in [1.807, 2.05) is 24.3 Å². The summed E-state index contributed by atoms with van der Waals surface area (Å²) in [6, 6.07) is 7.65. The molecule has 11 heavy (non-hydrogen) atoms. The Morgan fingerprint density at radius 3 is 3.18 bits per heavy atom. The third kappa shape index (κ3) is 1.01. The lowest BCUT2D eigenvalue weighted by atomic mass is 10.2. The van der Waals surface area contributed by atoms with Crippen molar-refractivity contribution in [3.8, 4) is 0 Å². The van der Waals surface area contributed by atoms with Crippen LogP contribution in [0.5, 0.6) is 0 Å². The molecule has 0 bridgehead atoms. The normalized spacial score (nSPS) is 10.6. The molecule has 1 heterocycles. The molecule has 1 aromatic heterocycles. The van der Waals surface area contributed by atoms with Crippen LogP contribution in [0.15, 0.2) is 24.3 Å². The van der Waals surface area contributed by atoms with Crippen molar-refractivity contribution in [3.05, 3.63) is 36.0 Å². The molecule has 0 amide bonds. The summed E-state index contributed by atoms with van der Waals surface area (Å²) in [6.07, 6.45) is 2.88. The van der Waals surface area contributed by atoms with E-state index in [-0.39, 0.29) is 6.61 Å². The molecule has 0 saturated heterocycles. The van der Waals surface area contributed by atoms with Gasteiger partial charge in [0.1, 0.15) is 0 Å². The minimum absolute atomic E-state index is 0.0983. The summed E-state index contributed by atoms with van der Waals surface area (Å²) >= 11 is 0. The largest absolute Gasteiger partial charge is 0.392 e. The van der Waals surface area contributed by atoms with Crippen LogP contribution in [0, 0.1) is 6.20 Å². The Bertz CT molecular complexity index is 364. The smallest absolute Gasteiger partial charge is 0.0682 e. The molecular weight excluding hydrogens is 138 g/mol. The predicted molar refractivity (Wildman–Crippen MR) is 43.1 cm³/mol. The van der Waals surface area contributed by atoms with Gasteiger partial charge in [-0.2, -0.15) is 0 Å². The molecule has 0 fully saturated rings. The summed E-state index contributed by atoms with van der Waals surface area (Å²) in [5.41, 5.74) is 1.99. The third-order valence-electron chi connectivity index (χ3n) is 1.73. The second kappa shape index (κ2) is 2.40. The number of hydrogen-bond donors (Lipinski definition) is 2. The zero-order valence-electron chi connectivity index (χ0n) is 5.96. The van der Waals surface area contributed by atoms with E-state index in [4.69, 9.17) is 5.11 Å². The maximum atomic E-state index is 8.81. The van der Waals surface area contributed by atoms with Crippen LogP contribution in [-0.2, 0) is 6.61 Å². The predicted octanol–water partition coefficient (Wildman–Crippen LogP) is 1.46. The Morgan fingerprint density at radius 2 is 2.36 bits per heavy atom. The van der Waals surface area contributed by atoms with E-state index >= 15 is 0 Å². The zero-order chi connectivity index (χ0) is 7.68. The van der Waals surface area contributed by atoms with E-state index in [1.54, 1.807) is 0 Å². The quantitative estimate of drug-likeness (QED) is 0.627. The van der Waals surface area contributed by atoms with Crippen LogP contribution >= 0.6 is 0 Å². The highest BCUT2D eigenvalue weighted by Gasteiger charge is 1.94. The molecule has 1 radical (unpaired) electrons. The highest BCUT2D eigenvalue weighted by molar-refractivity contribution is 5.79. The first kappa shape index (κ1) is 6.43. The minimum atomic E-state index is 0.0983. The fourth-order valence-electron chi connectivity index (χ4n) is 1.14. The van der Waals surface area contributed by atoms with Gasteiger partial charge in [-0.3, -0.25) is 0 Å². The summed E-state index contributed by atoms with van der Waals surface area (Å²) < 4.78 is 0. The van der Waals surface area contributed by atoms with Crippen LogP contribution in [0.4, 0.5) is 0 Å². The van der Waals surface area contributed by atoms with E-state index in [0.29, 0.717) is 0 Å². The molecule has 2 nitrogen and oxygen atoms in total. The first-order valence-corrected chi connectivity index (χ1v) is 3.49. The summed E-state index contributed by atoms with van der Waals surface area (Å²) in [7, 11) is 0. The van der Waals surface area contributed by atoms with Crippen molar-refractivity contribution in [1.82, 2.24) is 4.98 Å². The lowest BCUT2D eigenvalue weighted by Gasteiger charge is -1.94. The van der Waals surface area contributed by atoms with Gasteiger partial charge < -0.3 is 10.1 Å². The maximum absolute atomic E-state index is 8.81. The number of fused-ring (bicyclic) bond motifs is 1. The number of aromatic nitrogens is 1. The number of aliphatic hydroxyl groups excluding tert-OH is 1. The third-order valence-corrected chi connectivity index (χ3v) is 1.73. The van der Waals surface area contributed by atoms with E-state index in [0.717, 1.165) is 16.5 Å². The Labute approximate surface area is 64.5 Å². The molecule has 0 unspecified atom stereocenters. The van der Waals surface area contributed by atoms with Gasteiger partial charge in [-0.25, -0.2) is 0 Å². The van der Waals surface area contributed by atoms with Crippen LogP contribution in [0.2, 0.25) is 0 Å². The Kier molecular flexibility index (Phi) is 1.40. The SMILES string of the molecule is OCc1ccc2[nH][c]cc2c1. The molecule has 1 aromatic carbocycles. The van der Waals surface area contributed by atoms with Crippen LogP contribution in [0.1, 0.15) is 5.56 Å². The van der Waals surface area contributed by atoms with Gasteiger partial charge in [0.2, 0.25) is 0 Å². The lowest BCUT2D eigenvalue weighted by molar-refractivity contribution is 0.282. The summed E-state index contributed by atoms with van der Waals surface area (Å²) in [6.45, 7) is 0.0983. The average molecular weight is 146 g/mol. The Hall–Kier alpha value is -1.28. The Morgan fingerprint density at radius 1 is 1.45 bits per heavy atom. The number of rotatable bonds is 1. The summed E-state index contributed by atoms with van der Waals surface area (Å²) in [5, 5.41) is 9.91. The monoisotopic (exact) mass is 146 g/mol. The minimum Gasteiger partial charge on any atom is -0.392 e. The van der Waals surface area contributed by atoms with Crippen LogP contribution in [-0.4, -0.2) is 10.1 Å². The number of aliphatic hydroxyl groups is 1. The molecular formula is C9H8NO. The van der Waals surface area contributed by atoms with E-state index < -0.39 is 0 Å². The highest BCUT2D eigenvalue weighted by atomic mass is 16.3. The number of H-pyrrole nitrogens is 1. The topological polar surface area (TPSA) is 36.0 Å². The van der Waals surface area contributed by atoms with Gasteiger partial charge in [0.15, 0.2) is 0 Å². The van der Waals surface area contributed by atoms with Gasteiger partial charge in [0, 0.05) is 10.9 Å². The second-order valence-electron chi connectivity index (χ2n) is 2.49. The van der Waals surface area contributed by atoms with Gasteiger partial charge in [-0.1, -0.05) is 6.07 Å². The van der Waals surface area contributed by atoms with Crippen LogP contribution in [0.25, 0.3) is 10.9 Å². The van der Waals surface area contributed by atoms with Crippen molar-refractivity contribution < 1.29 is 5.11 Å². The van der Waals surface area contributed by atoms with E-state index in [1.165, 1.54) is 0 Å². The van der Waals surface area contributed by atoms with E-state index in [2.05, 4.69) is 11.2 Å². The van der Waals surface area contributed by atoms with Crippen molar-refractivity contribution >= 4 is 10.9 Å². The van der Waals surface area contributed by atoms with Crippen LogP contribution < -0.4 is 0 Å². The molecule has 2 aromatic rings. The van der Waals surface area contributed by atoms with Crippen molar-refractivity contribution in [2.75, 3.05) is 0 Å². The fourth-order valence-corrected chi connectivity index (χ4v) is 1.14. The van der Waals surface area contributed by atoms with Gasteiger partial charge >= 0.3 is 0 Å².